The van der Waals surface area contributed by atoms with Crippen molar-refractivity contribution in [3.8, 4) is 0 Å². The summed E-state index contributed by atoms with van der Waals surface area (Å²) in [6.07, 6.45) is 0. The fourth-order valence-corrected chi connectivity index (χ4v) is 3.64. The largest absolute Gasteiger partial charge is 0.350 e. The van der Waals surface area contributed by atoms with Crippen LogP contribution in [0.15, 0.2) is 15.8 Å². The number of hydrogen-bond acceptors (Lipinski definition) is 5. The van der Waals surface area contributed by atoms with Gasteiger partial charge in [-0.15, -0.1) is 22.7 Å². The standard InChI is InChI=1S/C16H25N5S2/c1-11-19-12(9-22-11)8-21(6)15(17-5)18-7-14-20-13(10-23-14)16(2,3)4/h9-10H,7-8H2,1-6H3,(H,17,18). The summed E-state index contributed by atoms with van der Waals surface area (Å²) in [6, 6.07) is 0. The zero-order chi connectivity index (χ0) is 17.0. The van der Waals surface area contributed by atoms with Crippen LogP contribution in [-0.2, 0) is 18.5 Å². The first kappa shape index (κ1) is 17.9. The van der Waals surface area contributed by atoms with E-state index in [-0.39, 0.29) is 5.41 Å². The van der Waals surface area contributed by atoms with Crippen LogP contribution in [0.3, 0.4) is 0 Å². The minimum absolute atomic E-state index is 0.0930. The Hall–Kier alpha value is -1.47. The number of thiazole rings is 2. The van der Waals surface area contributed by atoms with Gasteiger partial charge in [-0.1, -0.05) is 20.8 Å². The average Bonchev–Trinajstić information content (AvgIpc) is 3.08. The maximum atomic E-state index is 4.71. The van der Waals surface area contributed by atoms with Gasteiger partial charge in [-0.2, -0.15) is 0 Å². The lowest BCUT2D eigenvalue weighted by molar-refractivity contribution is 0.470. The summed E-state index contributed by atoms with van der Waals surface area (Å²) in [4.78, 5) is 15.6. The SMILES string of the molecule is CN=C(NCc1nc(C(C)(C)C)cs1)N(C)Cc1csc(C)n1. The molecule has 23 heavy (non-hydrogen) atoms. The molecule has 0 aliphatic rings. The molecular formula is C16H25N5S2. The Morgan fingerprint density at radius 3 is 2.52 bits per heavy atom. The molecule has 0 amide bonds. The molecule has 2 aromatic heterocycles. The van der Waals surface area contributed by atoms with Gasteiger partial charge in [-0.25, -0.2) is 9.97 Å². The van der Waals surface area contributed by atoms with Crippen LogP contribution >= 0.6 is 22.7 Å². The van der Waals surface area contributed by atoms with Gasteiger partial charge in [0.1, 0.15) is 5.01 Å². The zero-order valence-electron chi connectivity index (χ0n) is 14.7. The second-order valence-electron chi connectivity index (χ2n) is 6.49. The summed E-state index contributed by atoms with van der Waals surface area (Å²) in [6.45, 7) is 10.0. The maximum absolute atomic E-state index is 4.71. The number of aromatic nitrogens is 2. The quantitative estimate of drug-likeness (QED) is 0.677. The van der Waals surface area contributed by atoms with E-state index in [1.165, 1.54) is 0 Å². The average molecular weight is 352 g/mol. The van der Waals surface area contributed by atoms with Crippen LogP contribution in [0, 0.1) is 6.92 Å². The topological polar surface area (TPSA) is 53.4 Å². The molecule has 2 aromatic rings. The van der Waals surface area contributed by atoms with Crippen molar-refractivity contribution in [3.05, 3.63) is 32.2 Å². The molecule has 0 fully saturated rings. The van der Waals surface area contributed by atoms with Crippen molar-refractivity contribution < 1.29 is 0 Å². The molecule has 1 N–H and O–H groups in total. The van der Waals surface area contributed by atoms with Crippen LogP contribution in [-0.4, -0.2) is 34.9 Å². The lowest BCUT2D eigenvalue weighted by Gasteiger charge is -2.20. The van der Waals surface area contributed by atoms with Gasteiger partial charge in [0, 0.05) is 30.3 Å². The van der Waals surface area contributed by atoms with E-state index in [2.05, 4.69) is 51.7 Å². The van der Waals surface area contributed by atoms with Gasteiger partial charge in [-0.05, 0) is 6.92 Å². The Kier molecular flexibility index (Phi) is 5.75. The van der Waals surface area contributed by atoms with E-state index >= 15 is 0 Å². The lowest BCUT2D eigenvalue weighted by atomic mass is 9.93. The fourth-order valence-electron chi connectivity index (χ4n) is 2.07. The number of hydrogen-bond donors (Lipinski definition) is 1. The third kappa shape index (κ3) is 5.00. The Bertz CT molecular complexity index is 666. The molecule has 0 radical (unpaired) electrons. The highest BCUT2D eigenvalue weighted by Crippen LogP contribution is 2.23. The van der Waals surface area contributed by atoms with Crippen molar-refractivity contribution in [2.24, 2.45) is 4.99 Å². The van der Waals surface area contributed by atoms with Crippen molar-refractivity contribution >= 4 is 28.6 Å². The monoisotopic (exact) mass is 351 g/mol. The summed E-state index contributed by atoms with van der Waals surface area (Å²) < 4.78 is 0. The third-order valence-corrected chi connectivity index (χ3v) is 5.03. The molecular weight excluding hydrogens is 326 g/mol. The number of guanidine groups is 1. The van der Waals surface area contributed by atoms with E-state index in [1.54, 1.807) is 29.7 Å². The summed E-state index contributed by atoms with van der Waals surface area (Å²) in [5.41, 5.74) is 2.30. The molecule has 0 aromatic carbocycles. The number of nitrogens with one attached hydrogen (secondary N) is 1. The van der Waals surface area contributed by atoms with Crippen LogP contribution in [0.1, 0.15) is 42.2 Å². The number of aryl methyl sites for hydroxylation is 1. The molecule has 0 saturated carbocycles. The highest BCUT2D eigenvalue weighted by atomic mass is 32.1. The van der Waals surface area contributed by atoms with Crippen LogP contribution in [0.2, 0.25) is 0 Å². The molecule has 0 atom stereocenters. The molecule has 2 heterocycles. The zero-order valence-corrected chi connectivity index (χ0v) is 16.3. The van der Waals surface area contributed by atoms with Gasteiger partial charge < -0.3 is 10.2 Å². The highest BCUT2D eigenvalue weighted by molar-refractivity contribution is 7.09. The first-order valence-electron chi connectivity index (χ1n) is 7.57. The molecule has 2 rings (SSSR count). The Morgan fingerprint density at radius 1 is 1.26 bits per heavy atom. The van der Waals surface area contributed by atoms with Crippen LogP contribution in [0.25, 0.3) is 0 Å². The van der Waals surface area contributed by atoms with E-state index in [9.17, 15) is 0 Å². The Labute approximate surface area is 146 Å². The molecule has 5 nitrogen and oxygen atoms in total. The molecule has 0 saturated heterocycles. The van der Waals surface area contributed by atoms with E-state index < -0.39 is 0 Å². The first-order chi connectivity index (χ1) is 10.8. The van der Waals surface area contributed by atoms with Crippen molar-refractivity contribution in [2.45, 2.75) is 46.2 Å². The van der Waals surface area contributed by atoms with Crippen molar-refractivity contribution in [2.75, 3.05) is 14.1 Å². The van der Waals surface area contributed by atoms with Crippen molar-refractivity contribution in [3.63, 3.8) is 0 Å². The van der Waals surface area contributed by atoms with Gasteiger partial charge >= 0.3 is 0 Å². The van der Waals surface area contributed by atoms with Gasteiger partial charge in [0.05, 0.1) is 29.5 Å². The van der Waals surface area contributed by atoms with Gasteiger partial charge in [0.25, 0.3) is 0 Å². The smallest absolute Gasteiger partial charge is 0.194 e. The fraction of sp³-hybridized carbons (Fsp3) is 0.562. The van der Waals surface area contributed by atoms with Crippen molar-refractivity contribution in [1.82, 2.24) is 20.2 Å². The number of nitrogens with zero attached hydrogens (tertiary/aromatic N) is 4. The van der Waals surface area contributed by atoms with E-state index in [1.807, 2.05) is 14.0 Å². The minimum atomic E-state index is 0.0930. The molecule has 126 valence electrons. The molecule has 0 bridgehead atoms. The lowest BCUT2D eigenvalue weighted by Crippen LogP contribution is -2.38. The summed E-state index contributed by atoms with van der Waals surface area (Å²) in [5.74, 6) is 0.850. The summed E-state index contributed by atoms with van der Waals surface area (Å²) >= 11 is 3.36. The summed E-state index contributed by atoms with van der Waals surface area (Å²) in [5, 5.41) is 9.78. The summed E-state index contributed by atoms with van der Waals surface area (Å²) in [7, 11) is 3.82. The Balaban J connectivity index is 1.93. The van der Waals surface area contributed by atoms with Gasteiger partial charge in [0.2, 0.25) is 0 Å². The molecule has 0 spiro atoms. The predicted molar refractivity (Wildman–Crippen MR) is 99.3 cm³/mol. The van der Waals surface area contributed by atoms with Crippen LogP contribution < -0.4 is 5.32 Å². The Morgan fingerprint density at radius 2 is 2.00 bits per heavy atom. The molecule has 0 aliphatic heterocycles. The van der Waals surface area contributed by atoms with E-state index in [0.29, 0.717) is 6.54 Å². The second kappa shape index (κ2) is 7.40. The predicted octanol–water partition coefficient (Wildman–Crippen LogP) is 3.41. The number of rotatable bonds is 4. The van der Waals surface area contributed by atoms with E-state index in [0.717, 1.165) is 33.9 Å². The minimum Gasteiger partial charge on any atom is -0.350 e. The maximum Gasteiger partial charge on any atom is 0.194 e. The highest BCUT2D eigenvalue weighted by Gasteiger charge is 2.17. The van der Waals surface area contributed by atoms with Crippen LogP contribution in [0.5, 0.6) is 0 Å². The molecule has 0 aliphatic carbocycles. The first-order valence-corrected chi connectivity index (χ1v) is 9.33. The van der Waals surface area contributed by atoms with Gasteiger partial charge in [0.15, 0.2) is 5.96 Å². The molecule has 7 heteroatoms. The van der Waals surface area contributed by atoms with Crippen molar-refractivity contribution in [1.29, 1.82) is 0 Å². The van der Waals surface area contributed by atoms with E-state index in [4.69, 9.17) is 4.98 Å². The third-order valence-electron chi connectivity index (χ3n) is 3.36. The van der Waals surface area contributed by atoms with Gasteiger partial charge in [-0.3, -0.25) is 4.99 Å². The van der Waals surface area contributed by atoms with Crippen LogP contribution in [0.4, 0.5) is 0 Å². The molecule has 0 unspecified atom stereocenters. The number of aliphatic imine (C=N–C) groups is 1. The second-order valence-corrected chi connectivity index (χ2v) is 8.50. The normalized spacial score (nSPS) is 12.5.